The van der Waals surface area contributed by atoms with E-state index in [2.05, 4.69) is 31.6 Å². The molecule has 0 saturated heterocycles. The number of carbonyl (C=O) groups excluding carboxylic acids is 2. The lowest BCUT2D eigenvalue weighted by Crippen LogP contribution is -2.34. The molecule has 12 heteroatoms. The first kappa shape index (κ1) is 26.3. The first-order valence-electron chi connectivity index (χ1n) is 6.52. The van der Waals surface area contributed by atoms with Crippen LogP contribution < -0.4 is 21.3 Å². The molecule has 0 aromatic carbocycles. The van der Waals surface area contributed by atoms with Crippen LogP contribution in [0.5, 0.6) is 0 Å². The largest absolute Gasteiger partial charge is 0.411 e. The van der Waals surface area contributed by atoms with Gasteiger partial charge in [0, 0.05) is 26.2 Å². The summed E-state index contributed by atoms with van der Waals surface area (Å²) in [4.78, 5) is 21.7. The van der Waals surface area contributed by atoms with Crippen molar-refractivity contribution in [1.29, 1.82) is 0 Å². The molecule has 0 aliphatic carbocycles. The second-order valence-electron chi connectivity index (χ2n) is 3.92. The Labute approximate surface area is 147 Å². The predicted octanol–water partition coefficient (Wildman–Crippen LogP) is -1.45. The second-order valence-corrected chi connectivity index (χ2v) is 3.92. The number of hydrogen-bond donors (Lipinski definition) is 6. The molecular formula is C11H24Cl2N6O4. The van der Waals surface area contributed by atoms with E-state index in [1.165, 1.54) is 0 Å². The number of nitrogens with zero attached hydrogens (tertiary/aromatic N) is 2. The summed E-state index contributed by atoms with van der Waals surface area (Å²) in [6.07, 6.45) is 2.50. The monoisotopic (exact) mass is 374 g/mol. The molecule has 10 nitrogen and oxygen atoms in total. The zero-order chi connectivity index (χ0) is 15.8. The maximum Gasteiger partial charge on any atom is 0.265 e. The van der Waals surface area contributed by atoms with E-state index >= 15 is 0 Å². The van der Waals surface area contributed by atoms with E-state index in [0.717, 1.165) is 31.9 Å². The molecule has 0 heterocycles. The highest BCUT2D eigenvalue weighted by molar-refractivity contribution is 6.26. The van der Waals surface area contributed by atoms with Crippen molar-refractivity contribution in [1.82, 2.24) is 21.3 Å². The van der Waals surface area contributed by atoms with Crippen LogP contribution in [0.4, 0.5) is 0 Å². The van der Waals surface area contributed by atoms with Gasteiger partial charge in [-0.2, -0.15) is 0 Å². The minimum absolute atomic E-state index is 0. The third-order valence-electron chi connectivity index (χ3n) is 2.26. The van der Waals surface area contributed by atoms with E-state index in [1.807, 2.05) is 0 Å². The zero-order valence-corrected chi connectivity index (χ0v) is 14.2. The number of halogens is 2. The van der Waals surface area contributed by atoms with Gasteiger partial charge in [-0.3, -0.25) is 9.59 Å². The Balaban J connectivity index is -0.00000200. The minimum atomic E-state index is -0.436. The average molecular weight is 375 g/mol. The Morgan fingerprint density at radius 1 is 0.739 bits per heavy atom. The smallest absolute Gasteiger partial charge is 0.265 e. The van der Waals surface area contributed by atoms with Crippen LogP contribution in [-0.4, -0.2) is 73.9 Å². The summed E-state index contributed by atoms with van der Waals surface area (Å²) in [5, 5.41) is 32.7. The van der Waals surface area contributed by atoms with Gasteiger partial charge in [0.1, 0.15) is 12.4 Å². The van der Waals surface area contributed by atoms with Crippen molar-refractivity contribution < 1.29 is 20.0 Å². The van der Waals surface area contributed by atoms with Gasteiger partial charge in [-0.25, -0.2) is 0 Å². The van der Waals surface area contributed by atoms with Gasteiger partial charge in [0.25, 0.3) is 11.8 Å². The third kappa shape index (κ3) is 20.4. The topological polar surface area (TPSA) is 147 Å². The highest BCUT2D eigenvalue weighted by atomic mass is 35.5. The molecule has 0 rings (SSSR count). The molecule has 0 saturated carbocycles. The number of nitrogens with one attached hydrogen (secondary N) is 4. The van der Waals surface area contributed by atoms with Gasteiger partial charge in [-0.15, -0.1) is 24.8 Å². The van der Waals surface area contributed by atoms with Crippen molar-refractivity contribution in [3.05, 3.63) is 0 Å². The summed E-state index contributed by atoms with van der Waals surface area (Å²) >= 11 is 0. The molecule has 0 spiro atoms. The fourth-order valence-corrected chi connectivity index (χ4v) is 1.33. The summed E-state index contributed by atoms with van der Waals surface area (Å²) in [5.74, 6) is -0.872. The zero-order valence-electron chi connectivity index (χ0n) is 12.5. The van der Waals surface area contributed by atoms with Crippen molar-refractivity contribution in [2.75, 3.05) is 39.3 Å². The normalized spacial score (nSPS) is 10.1. The van der Waals surface area contributed by atoms with Crippen molar-refractivity contribution in [3.63, 3.8) is 0 Å². The van der Waals surface area contributed by atoms with Crippen LogP contribution in [0.15, 0.2) is 10.3 Å². The quantitative estimate of drug-likeness (QED) is 0.106. The number of rotatable bonds is 12. The third-order valence-corrected chi connectivity index (χ3v) is 2.26. The number of carbonyl (C=O) groups is 2. The van der Waals surface area contributed by atoms with Crippen LogP contribution in [0.2, 0.25) is 0 Å². The molecule has 136 valence electrons. The summed E-state index contributed by atoms with van der Waals surface area (Å²) in [5.41, 5.74) is 0. The maximum atomic E-state index is 10.9. The van der Waals surface area contributed by atoms with Gasteiger partial charge in [-0.05, 0) is 19.5 Å². The van der Waals surface area contributed by atoms with Crippen LogP contribution in [0, 0.1) is 0 Å². The Morgan fingerprint density at radius 2 is 1.13 bits per heavy atom. The summed E-state index contributed by atoms with van der Waals surface area (Å²) in [6.45, 7) is 3.75. The average Bonchev–Trinajstić information content (AvgIpc) is 2.45. The molecule has 0 bridgehead atoms. The first-order chi connectivity index (χ1) is 10.2. The lowest BCUT2D eigenvalue weighted by atomic mass is 10.4. The van der Waals surface area contributed by atoms with E-state index in [0.29, 0.717) is 26.2 Å². The van der Waals surface area contributed by atoms with E-state index in [9.17, 15) is 9.59 Å². The number of hydrogen-bond acceptors (Lipinski definition) is 8. The summed E-state index contributed by atoms with van der Waals surface area (Å²) in [7, 11) is 0. The van der Waals surface area contributed by atoms with Gasteiger partial charge in [0.2, 0.25) is 0 Å². The Hall–Kier alpha value is -1.62. The maximum absolute atomic E-state index is 10.9. The van der Waals surface area contributed by atoms with Gasteiger partial charge in [0.05, 0.1) is 0 Å². The molecule has 0 fully saturated rings. The molecule has 0 aromatic rings. The molecule has 0 aromatic heterocycles. The first-order valence-corrected chi connectivity index (χ1v) is 6.52. The highest BCUT2D eigenvalue weighted by Gasteiger charge is 1.96. The van der Waals surface area contributed by atoms with Gasteiger partial charge in [0.15, 0.2) is 0 Å². The SMILES string of the molecule is Cl.Cl.O=C(/C=N/O)NCCNCCCNCCNC(=O)/C=N/O. The van der Waals surface area contributed by atoms with Crippen molar-refractivity contribution in [3.8, 4) is 0 Å². The molecule has 0 aliphatic rings. The fraction of sp³-hybridized carbons (Fsp3) is 0.636. The minimum Gasteiger partial charge on any atom is -0.411 e. The van der Waals surface area contributed by atoms with Crippen LogP contribution in [0.25, 0.3) is 0 Å². The Morgan fingerprint density at radius 3 is 1.48 bits per heavy atom. The number of oxime groups is 2. The lowest BCUT2D eigenvalue weighted by Gasteiger charge is -2.07. The van der Waals surface area contributed by atoms with Crippen molar-refractivity contribution in [2.45, 2.75) is 6.42 Å². The molecule has 0 aliphatic heterocycles. The Bertz CT molecular complexity index is 325. The fourth-order valence-electron chi connectivity index (χ4n) is 1.33. The molecule has 2 amide bonds. The lowest BCUT2D eigenvalue weighted by molar-refractivity contribution is -0.115. The molecular weight excluding hydrogens is 351 g/mol. The molecule has 0 radical (unpaired) electrons. The molecule has 0 atom stereocenters. The van der Waals surface area contributed by atoms with Gasteiger partial charge in [-0.1, -0.05) is 10.3 Å². The number of amides is 2. The van der Waals surface area contributed by atoms with Crippen molar-refractivity contribution in [2.24, 2.45) is 10.3 Å². The van der Waals surface area contributed by atoms with Gasteiger partial charge >= 0.3 is 0 Å². The summed E-state index contributed by atoms with van der Waals surface area (Å²) < 4.78 is 0. The molecule has 23 heavy (non-hydrogen) atoms. The summed E-state index contributed by atoms with van der Waals surface area (Å²) in [6, 6.07) is 0. The van der Waals surface area contributed by atoms with Gasteiger partial charge < -0.3 is 31.7 Å². The van der Waals surface area contributed by atoms with E-state index in [1.54, 1.807) is 0 Å². The van der Waals surface area contributed by atoms with E-state index in [-0.39, 0.29) is 24.8 Å². The molecule has 6 N–H and O–H groups in total. The van der Waals surface area contributed by atoms with E-state index in [4.69, 9.17) is 10.4 Å². The standard InChI is InChI=1S/C11H22N6O4.2ClH/c18-10(8-16-20)14-6-4-12-2-1-3-13-5-7-15-11(19)9-17-21;;/h8-9,12-13,20-21H,1-7H2,(H,14,18)(H,15,19);2*1H/b16-8+,17-9+;;. The van der Waals surface area contributed by atoms with Crippen molar-refractivity contribution >= 4 is 49.1 Å². The second kappa shape index (κ2) is 20.4. The van der Waals surface area contributed by atoms with Crippen LogP contribution in [0.3, 0.4) is 0 Å². The van der Waals surface area contributed by atoms with Crippen LogP contribution in [-0.2, 0) is 9.59 Å². The van der Waals surface area contributed by atoms with Crippen LogP contribution >= 0.6 is 24.8 Å². The predicted molar refractivity (Wildman–Crippen MR) is 91.4 cm³/mol. The molecule has 0 unspecified atom stereocenters. The van der Waals surface area contributed by atoms with E-state index < -0.39 is 11.8 Å². The highest BCUT2D eigenvalue weighted by Crippen LogP contribution is 1.73. The van der Waals surface area contributed by atoms with Crippen LogP contribution in [0.1, 0.15) is 6.42 Å². The Kier molecular flexibility index (Phi) is 23.3.